The number of rotatable bonds is 4. The van der Waals surface area contributed by atoms with Gasteiger partial charge in [-0.2, -0.15) is 0 Å². The number of halogens is 2. The van der Waals surface area contributed by atoms with E-state index in [9.17, 15) is 22.0 Å². The van der Waals surface area contributed by atoms with Crippen LogP contribution in [-0.4, -0.2) is 41.8 Å². The number of sulfone groups is 1. The number of benzene rings is 1. The fraction of sp³-hybridized carbons (Fsp3) is 0.267. The van der Waals surface area contributed by atoms with Crippen LogP contribution in [0.2, 0.25) is 0 Å². The van der Waals surface area contributed by atoms with E-state index in [1.54, 1.807) is 0 Å². The lowest BCUT2D eigenvalue weighted by Gasteiger charge is -2.11. The van der Waals surface area contributed by atoms with Crippen molar-refractivity contribution < 1.29 is 22.0 Å². The molecular formula is C15H14F2N4O3S. The third-order valence-electron chi connectivity index (χ3n) is 3.63. The molecule has 25 heavy (non-hydrogen) atoms. The lowest BCUT2D eigenvalue weighted by Crippen LogP contribution is -2.23. The molecule has 1 aliphatic rings. The van der Waals surface area contributed by atoms with Gasteiger partial charge in [-0.25, -0.2) is 27.2 Å². The van der Waals surface area contributed by atoms with Crippen LogP contribution in [0.1, 0.15) is 16.9 Å². The van der Waals surface area contributed by atoms with Crippen LogP contribution in [0.25, 0.3) is 0 Å². The van der Waals surface area contributed by atoms with Crippen molar-refractivity contribution in [3.8, 4) is 0 Å². The second-order valence-corrected chi connectivity index (χ2v) is 7.82. The first kappa shape index (κ1) is 17.2. The number of aromatic nitrogens is 2. The molecule has 0 spiro atoms. The van der Waals surface area contributed by atoms with Gasteiger partial charge in [0.15, 0.2) is 9.84 Å². The molecule has 1 atom stereocenters. The van der Waals surface area contributed by atoms with Crippen LogP contribution in [-0.2, 0) is 9.84 Å². The van der Waals surface area contributed by atoms with Crippen molar-refractivity contribution in [1.82, 2.24) is 9.97 Å². The highest BCUT2D eigenvalue weighted by atomic mass is 32.2. The molecule has 0 bridgehead atoms. The highest BCUT2D eigenvalue weighted by molar-refractivity contribution is 7.91. The van der Waals surface area contributed by atoms with Crippen LogP contribution in [0, 0.1) is 11.6 Å². The zero-order valence-corrected chi connectivity index (χ0v) is 13.7. The van der Waals surface area contributed by atoms with E-state index in [4.69, 9.17) is 0 Å². The number of carbonyl (C=O) groups is 1. The molecule has 2 aromatic rings. The number of hydrogen-bond donors (Lipinski definition) is 2. The van der Waals surface area contributed by atoms with Gasteiger partial charge in [-0.05, 0) is 24.6 Å². The molecule has 0 radical (unpaired) electrons. The van der Waals surface area contributed by atoms with Gasteiger partial charge in [-0.1, -0.05) is 0 Å². The Kier molecular flexibility index (Phi) is 4.62. The predicted octanol–water partition coefficient (Wildman–Crippen LogP) is 1.61. The molecule has 1 unspecified atom stereocenters. The maximum absolute atomic E-state index is 13.6. The van der Waals surface area contributed by atoms with Gasteiger partial charge in [0.2, 0.25) is 5.95 Å². The molecule has 1 aromatic carbocycles. The Morgan fingerprint density at radius 3 is 2.72 bits per heavy atom. The maximum Gasteiger partial charge on any atom is 0.274 e. The van der Waals surface area contributed by atoms with E-state index in [1.165, 1.54) is 12.3 Å². The average molecular weight is 368 g/mol. The molecule has 0 saturated carbocycles. The van der Waals surface area contributed by atoms with Crippen molar-refractivity contribution in [2.45, 2.75) is 12.5 Å². The zero-order valence-electron chi connectivity index (χ0n) is 12.9. The number of carbonyl (C=O) groups excluding carboxylic acids is 1. The molecule has 0 aliphatic carbocycles. The molecule has 7 nitrogen and oxygen atoms in total. The predicted molar refractivity (Wildman–Crippen MR) is 87.0 cm³/mol. The van der Waals surface area contributed by atoms with E-state index in [0.717, 1.165) is 12.1 Å². The Balaban J connectivity index is 1.71. The largest absolute Gasteiger partial charge is 0.350 e. The summed E-state index contributed by atoms with van der Waals surface area (Å²) in [4.78, 5) is 20.1. The zero-order chi connectivity index (χ0) is 18.0. The van der Waals surface area contributed by atoms with Crippen molar-refractivity contribution in [2.24, 2.45) is 0 Å². The standard InChI is InChI=1S/C15H14F2N4O3S/c16-9-1-2-12(11(17)7-9)20-14(22)13-3-5-18-15(21-13)19-10-4-6-25(23,24)8-10/h1-3,5,7,10H,4,6,8H2,(H,20,22)(H,18,19,21). The molecule has 1 aromatic heterocycles. The van der Waals surface area contributed by atoms with Gasteiger partial charge < -0.3 is 10.6 Å². The Labute approximate surface area is 142 Å². The highest BCUT2D eigenvalue weighted by Gasteiger charge is 2.28. The van der Waals surface area contributed by atoms with Crippen LogP contribution in [0.15, 0.2) is 30.5 Å². The highest BCUT2D eigenvalue weighted by Crippen LogP contribution is 2.17. The number of nitrogens with zero attached hydrogens (tertiary/aromatic N) is 2. The lowest BCUT2D eigenvalue weighted by atomic mass is 10.2. The fourth-order valence-electron chi connectivity index (χ4n) is 2.42. The summed E-state index contributed by atoms with van der Waals surface area (Å²) in [6, 6.07) is 3.78. The first-order valence-electron chi connectivity index (χ1n) is 7.39. The van der Waals surface area contributed by atoms with Crippen molar-refractivity contribution in [2.75, 3.05) is 22.1 Å². The van der Waals surface area contributed by atoms with Gasteiger partial charge in [0.05, 0.1) is 17.2 Å². The van der Waals surface area contributed by atoms with Gasteiger partial charge in [0.1, 0.15) is 17.3 Å². The minimum atomic E-state index is -3.06. The Hall–Kier alpha value is -2.62. The van der Waals surface area contributed by atoms with E-state index in [1.807, 2.05) is 0 Å². The van der Waals surface area contributed by atoms with Crippen molar-refractivity contribution in [3.63, 3.8) is 0 Å². The Morgan fingerprint density at radius 2 is 2.04 bits per heavy atom. The summed E-state index contributed by atoms with van der Waals surface area (Å²) in [6.07, 6.45) is 1.76. The van der Waals surface area contributed by atoms with Crippen LogP contribution < -0.4 is 10.6 Å². The van der Waals surface area contributed by atoms with E-state index in [2.05, 4.69) is 20.6 Å². The van der Waals surface area contributed by atoms with Crippen molar-refractivity contribution >= 4 is 27.4 Å². The summed E-state index contributed by atoms with van der Waals surface area (Å²) in [5.74, 6) is -2.18. The van der Waals surface area contributed by atoms with Gasteiger partial charge >= 0.3 is 0 Å². The van der Waals surface area contributed by atoms with Crippen molar-refractivity contribution in [3.05, 3.63) is 47.8 Å². The first-order valence-corrected chi connectivity index (χ1v) is 9.21. The summed E-state index contributed by atoms with van der Waals surface area (Å²) in [5.41, 5.74) is -0.219. The van der Waals surface area contributed by atoms with Crippen LogP contribution in [0.4, 0.5) is 20.4 Å². The van der Waals surface area contributed by atoms with E-state index < -0.39 is 27.4 Å². The molecule has 1 aliphatic heterocycles. The molecule has 2 N–H and O–H groups in total. The second-order valence-electron chi connectivity index (χ2n) is 5.59. The van der Waals surface area contributed by atoms with Crippen LogP contribution in [0.5, 0.6) is 0 Å². The smallest absolute Gasteiger partial charge is 0.274 e. The van der Waals surface area contributed by atoms with Crippen LogP contribution >= 0.6 is 0 Å². The Bertz CT molecular complexity index is 921. The average Bonchev–Trinajstić information content (AvgIpc) is 2.89. The summed E-state index contributed by atoms with van der Waals surface area (Å²) in [5, 5.41) is 5.16. The van der Waals surface area contributed by atoms with E-state index in [-0.39, 0.29) is 34.9 Å². The molecule has 10 heteroatoms. The summed E-state index contributed by atoms with van der Waals surface area (Å²) < 4.78 is 49.4. The SMILES string of the molecule is O=C(Nc1ccc(F)cc1F)c1ccnc(NC2CCS(=O)(=O)C2)n1. The third kappa shape index (κ3) is 4.27. The minimum Gasteiger partial charge on any atom is -0.350 e. The summed E-state index contributed by atoms with van der Waals surface area (Å²) >= 11 is 0. The van der Waals surface area contributed by atoms with Gasteiger partial charge in [0.25, 0.3) is 5.91 Å². The third-order valence-corrected chi connectivity index (χ3v) is 5.40. The van der Waals surface area contributed by atoms with Crippen LogP contribution in [0.3, 0.4) is 0 Å². The second kappa shape index (κ2) is 6.71. The molecule has 1 amide bonds. The normalized spacial score (nSPS) is 18.7. The number of nitrogens with one attached hydrogen (secondary N) is 2. The summed E-state index contributed by atoms with van der Waals surface area (Å²) in [6.45, 7) is 0. The van der Waals surface area contributed by atoms with Crippen molar-refractivity contribution in [1.29, 1.82) is 0 Å². The topological polar surface area (TPSA) is 101 Å². The van der Waals surface area contributed by atoms with Gasteiger partial charge in [-0.3, -0.25) is 4.79 Å². The summed E-state index contributed by atoms with van der Waals surface area (Å²) in [7, 11) is -3.06. The van der Waals surface area contributed by atoms with E-state index >= 15 is 0 Å². The number of anilines is 2. The van der Waals surface area contributed by atoms with Gasteiger partial charge in [-0.15, -0.1) is 0 Å². The molecular weight excluding hydrogens is 354 g/mol. The minimum absolute atomic E-state index is 0.0203. The molecule has 132 valence electrons. The quantitative estimate of drug-likeness (QED) is 0.850. The van der Waals surface area contributed by atoms with Gasteiger partial charge in [0, 0.05) is 18.3 Å². The maximum atomic E-state index is 13.6. The molecule has 1 fully saturated rings. The Morgan fingerprint density at radius 1 is 1.24 bits per heavy atom. The number of hydrogen-bond acceptors (Lipinski definition) is 6. The fourth-order valence-corrected chi connectivity index (χ4v) is 4.10. The first-order chi connectivity index (χ1) is 11.8. The monoisotopic (exact) mass is 368 g/mol. The molecule has 2 heterocycles. The molecule has 1 saturated heterocycles. The van der Waals surface area contributed by atoms with E-state index in [0.29, 0.717) is 12.5 Å². The lowest BCUT2D eigenvalue weighted by molar-refractivity contribution is 0.102. The number of amides is 1. The molecule has 3 rings (SSSR count).